The molecule has 2 rings (SSSR count). The first kappa shape index (κ1) is 16.0. The first-order valence-electron chi connectivity index (χ1n) is 6.11. The summed E-state index contributed by atoms with van der Waals surface area (Å²) in [6.07, 6.45) is 2.47. The number of hydrogen-bond acceptors (Lipinski definition) is 7. The van der Waals surface area contributed by atoms with E-state index in [-0.39, 0.29) is 23.7 Å². The number of aromatic nitrogens is 2. The largest absolute Gasteiger partial charge is 0.467 e. The quantitative estimate of drug-likeness (QED) is 0.492. The van der Waals surface area contributed by atoms with Crippen molar-refractivity contribution in [1.82, 2.24) is 14.9 Å². The standard InChI is InChI=1S/C12H14ClN3O4S/c1-20-11(19)8-3-6(17)5-16(8)10(18)9-7(13)4-14-12(15-9)21-2/h4,6,8,17H,3,5H2,1-2H3. The van der Waals surface area contributed by atoms with Crippen molar-refractivity contribution < 1.29 is 19.4 Å². The number of nitrogens with zero attached hydrogens (tertiary/aromatic N) is 3. The zero-order chi connectivity index (χ0) is 15.6. The van der Waals surface area contributed by atoms with Gasteiger partial charge in [-0.1, -0.05) is 23.4 Å². The molecule has 0 aliphatic carbocycles. The van der Waals surface area contributed by atoms with Gasteiger partial charge in [-0.05, 0) is 6.26 Å². The Morgan fingerprint density at radius 1 is 1.57 bits per heavy atom. The number of β-amino-alcohol motifs (C(OH)–C–C–N with tert-alkyl or cyclic N) is 1. The van der Waals surface area contributed by atoms with E-state index in [0.29, 0.717) is 5.16 Å². The summed E-state index contributed by atoms with van der Waals surface area (Å²) in [7, 11) is 1.24. The minimum atomic E-state index is -0.832. The van der Waals surface area contributed by atoms with E-state index in [9.17, 15) is 14.7 Å². The summed E-state index contributed by atoms with van der Waals surface area (Å²) < 4.78 is 4.66. The van der Waals surface area contributed by atoms with Gasteiger partial charge in [-0.25, -0.2) is 14.8 Å². The predicted molar refractivity (Wildman–Crippen MR) is 76.3 cm³/mol. The maximum atomic E-state index is 12.5. The Balaban J connectivity index is 2.32. The van der Waals surface area contributed by atoms with Crippen LogP contribution >= 0.6 is 23.4 Å². The molecule has 1 N–H and O–H groups in total. The number of rotatable bonds is 3. The van der Waals surface area contributed by atoms with Gasteiger partial charge in [0.05, 0.1) is 24.4 Å². The summed E-state index contributed by atoms with van der Waals surface area (Å²) >= 11 is 7.23. The van der Waals surface area contributed by atoms with Gasteiger partial charge in [0, 0.05) is 13.0 Å². The van der Waals surface area contributed by atoms with Crippen LogP contribution in [0.4, 0.5) is 0 Å². The number of carbonyl (C=O) groups is 2. The third-order valence-corrected chi connectivity index (χ3v) is 3.96. The molecule has 7 nitrogen and oxygen atoms in total. The predicted octanol–water partition coefficient (Wildman–Crippen LogP) is 0.600. The van der Waals surface area contributed by atoms with Gasteiger partial charge in [-0.15, -0.1) is 0 Å². The molecule has 9 heteroatoms. The number of carbonyl (C=O) groups excluding carboxylic acids is 2. The van der Waals surface area contributed by atoms with Crippen molar-refractivity contribution in [2.24, 2.45) is 0 Å². The van der Waals surface area contributed by atoms with Crippen molar-refractivity contribution >= 4 is 35.2 Å². The highest BCUT2D eigenvalue weighted by molar-refractivity contribution is 7.98. The van der Waals surface area contributed by atoms with E-state index in [2.05, 4.69) is 14.7 Å². The number of aliphatic hydroxyl groups is 1. The molecule has 0 bridgehead atoms. The van der Waals surface area contributed by atoms with Crippen LogP contribution in [0.25, 0.3) is 0 Å². The maximum absolute atomic E-state index is 12.5. The van der Waals surface area contributed by atoms with Crippen molar-refractivity contribution in [3.8, 4) is 0 Å². The summed E-state index contributed by atoms with van der Waals surface area (Å²) in [4.78, 5) is 33.5. The van der Waals surface area contributed by atoms with Crippen LogP contribution in [-0.4, -0.2) is 63.9 Å². The third kappa shape index (κ3) is 3.28. The first-order chi connectivity index (χ1) is 9.97. The SMILES string of the molecule is COC(=O)C1CC(O)CN1C(=O)c1nc(SC)ncc1Cl. The molecule has 0 aromatic carbocycles. The first-order valence-corrected chi connectivity index (χ1v) is 7.71. The van der Waals surface area contributed by atoms with Crippen molar-refractivity contribution in [2.75, 3.05) is 19.9 Å². The van der Waals surface area contributed by atoms with Gasteiger partial charge >= 0.3 is 5.97 Å². The molecule has 0 radical (unpaired) electrons. The highest BCUT2D eigenvalue weighted by Gasteiger charge is 2.41. The molecule has 1 aliphatic heterocycles. The molecule has 1 fully saturated rings. The highest BCUT2D eigenvalue weighted by Crippen LogP contribution is 2.24. The molecular formula is C12H14ClN3O4S. The van der Waals surface area contributed by atoms with Crippen molar-refractivity contribution in [1.29, 1.82) is 0 Å². The summed E-state index contributed by atoms with van der Waals surface area (Å²) in [5.74, 6) is -1.10. The number of aliphatic hydroxyl groups excluding tert-OH is 1. The normalized spacial score (nSPS) is 21.4. The molecule has 0 saturated carbocycles. The molecule has 2 unspecified atom stereocenters. The van der Waals surface area contributed by atoms with E-state index in [1.807, 2.05) is 0 Å². The molecule has 1 aliphatic rings. The summed E-state index contributed by atoms with van der Waals surface area (Å²) in [6, 6.07) is -0.832. The van der Waals surface area contributed by atoms with Gasteiger partial charge in [0.2, 0.25) is 0 Å². The zero-order valence-electron chi connectivity index (χ0n) is 11.4. The van der Waals surface area contributed by atoms with Gasteiger partial charge in [-0.2, -0.15) is 0 Å². The number of methoxy groups -OCH3 is 1. The van der Waals surface area contributed by atoms with E-state index < -0.39 is 24.0 Å². The Labute approximate surface area is 130 Å². The fourth-order valence-corrected chi connectivity index (χ4v) is 2.65. The number of hydrogen-bond donors (Lipinski definition) is 1. The lowest BCUT2D eigenvalue weighted by atomic mass is 10.2. The number of amides is 1. The van der Waals surface area contributed by atoms with Crippen LogP contribution < -0.4 is 0 Å². The fourth-order valence-electron chi connectivity index (χ4n) is 2.13. The Bertz CT molecular complexity index is 571. The van der Waals surface area contributed by atoms with Crippen LogP contribution in [0, 0.1) is 0 Å². The second-order valence-corrected chi connectivity index (χ2v) is 5.62. The molecular weight excluding hydrogens is 318 g/mol. The van der Waals surface area contributed by atoms with Gasteiger partial charge in [0.25, 0.3) is 5.91 Å². The molecule has 0 spiro atoms. The van der Waals surface area contributed by atoms with E-state index in [1.165, 1.54) is 30.0 Å². The van der Waals surface area contributed by atoms with E-state index in [0.717, 1.165) is 0 Å². The summed E-state index contributed by atoms with van der Waals surface area (Å²) in [6.45, 7) is 0.0353. The van der Waals surface area contributed by atoms with E-state index >= 15 is 0 Å². The summed E-state index contributed by atoms with van der Waals surface area (Å²) in [5.41, 5.74) is 0.0130. The Morgan fingerprint density at radius 2 is 2.29 bits per heavy atom. The Kier molecular flexibility index (Phi) is 5.02. The molecule has 1 aromatic rings. The van der Waals surface area contributed by atoms with Crippen LogP contribution in [0.1, 0.15) is 16.9 Å². The van der Waals surface area contributed by atoms with Crippen LogP contribution in [0.2, 0.25) is 5.02 Å². The molecule has 21 heavy (non-hydrogen) atoms. The van der Waals surface area contributed by atoms with Crippen LogP contribution in [0.5, 0.6) is 0 Å². The number of ether oxygens (including phenoxy) is 1. The topological polar surface area (TPSA) is 92.6 Å². The minimum absolute atomic E-state index is 0.0130. The Morgan fingerprint density at radius 3 is 2.90 bits per heavy atom. The van der Waals surface area contributed by atoms with E-state index in [4.69, 9.17) is 11.6 Å². The molecule has 2 atom stereocenters. The monoisotopic (exact) mass is 331 g/mol. The highest BCUT2D eigenvalue weighted by atomic mass is 35.5. The number of likely N-dealkylation sites (tertiary alicyclic amines) is 1. The smallest absolute Gasteiger partial charge is 0.328 e. The summed E-state index contributed by atoms with van der Waals surface area (Å²) in [5, 5.41) is 10.2. The maximum Gasteiger partial charge on any atom is 0.328 e. The molecule has 2 heterocycles. The average Bonchev–Trinajstić information content (AvgIpc) is 2.88. The lowest BCUT2D eigenvalue weighted by molar-refractivity contribution is -0.145. The van der Waals surface area contributed by atoms with Gasteiger partial charge in [0.15, 0.2) is 10.9 Å². The van der Waals surface area contributed by atoms with Crippen molar-refractivity contribution in [3.63, 3.8) is 0 Å². The average molecular weight is 332 g/mol. The van der Waals surface area contributed by atoms with Gasteiger partial charge in [-0.3, -0.25) is 4.79 Å². The number of esters is 1. The molecule has 114 valence electrons. The second kappa shape index (κ2) is 6.59. The Hall–Kier alpha value is -1.38. The third-order valence-electron chi connectivity index (χ3n) is 3.12. The number of thioether (sulfide) groups is 1. The molecule has 1 saturated heterocycles. The second-order valence-electron chi connectivity index (χ2n) is 4.44. The fraction of sp³-hybridized carbons (Fsp3) is 0.500. The number of halogens is 1. The van der Waals surface area contributed by atoms with Crippen LogP contribution in [-0.2, 0) is 9.53 Å². The van der Waals surface area contributed by atoms with Crippen molar-refractivity contribution in [3.05, 3.63) is 16.9 Å². The van der Waals surface area contributed by atoms with Crippen LogP contribution in [0.15, 0.2) is 11.4 Å². The van der Waals surface area contributed by atoms with Crippen molar-refractivity contribution in [2.45, 2.75) is 23.7 Å². The van der Waals surface area contributed by atoms with Gasteiger partial charge in [0.1, 0.15) is 6.04 Å². The minimum Gasteiger partial charge on any atom is -0.467 e. The zero-order valence-corrected chi connectivity index (χ0v) is 13.0. The lowest BCUT2D eigenvalue weighted by Crippen LogP contribution is -2.41. The van der Waals surface area contributed by atoms with Crippen LogP contribution in [0.3, 0.4) is 0 Å². The molecule has 1 amide bonds. The lowest BCUT2D eigenvalue weighted by Gasteiger charge is -2.22. The van der Waals surface area contributed by atoms with E-state index in [1.54, 1.807) is 6.26 Å². The van der Waals surface area contributed by atoms with Gasteiger partial charge < -0.3 is 14.7 Å². The molecule has 1 aromatic heterocycles.